The first kappa shape index (κ1) is 14.2. The molecule has 0 N–H and O–H groups in total. The molecule has 110 valence electrons. The van der Waals surface area contributed by atoms with Gasteiger partial charge in [0.15, 0.2) is 11.5 Å². The number of rotatable bonds is 4. The number of fused-ring (bicyclic) bond motifs is 1. The van der Waals surface area contributed by atoms with Crippen LogP contribution in [0.5, 0.6) is 5.75 Å². The van der Waals surface area contributed by atoms with Crippen molar-refractivity contribution < 1.29 is 9.15 Å². The third-order valence-electron chi connectivity index (χ3n) is 3.40. The number of nitrogens with zero attached hydrogens (tertiary/aromatic N) is 2. The van der Waals surface area contributed by atoms with Crippen LogP contribution in [0, 0.1) is 11.3 Å². The molecule has 0 spiro atoms. The highest BCUT2D eigenvalue weighted by atomic mass is 16.5. The Morgan fingerprint density at radius 1 is 1.23 bits per heavy atom. The topological polar surface area (TPSA) is 59.0 Å². The molecule has 1 heterocycles. The summed E-state index contributed by atoms with van der Waals surface area (Å²) in [5, 5.41) is 9.08. The molecule has 0 bridgehead atoms. The minimum Gasteiger partial charge on any atom is -0.489 e. The molecule has 4 nitrogen and oxygen atoms in total. The Hall–Kier alpha value is -2.80. The van der Waals surface area contributed by atoms with Gasteiger partial charge in [0.05, 0.1) is 11.6 Å². The summed E-state index contributed by atoms with van der Waals surface area (Å²) in [6, 6.07) is 15.2. The Kier molecular flexibility index (Phi) is 3.80. The maximum atomic E-state index is 9.08. The highest BCUT2D eigenvalue weighted by Crippen LogP contribution is 2.25. The van der Waals surface area contributed by atoms with Gasteiger partial charge in [-0.1, -0.05) is 32.0 Å². The van der Waals surface area contributed by atoms with Crippen molar-refractivity contribution in [3.63, 3.8) is 0 Å². The van der Waals surface area contributed by atoms with Gasteiger partial charge in [-0.2, -0.15) is 5.26 Å². The van der Waals surface area contributed by atoms with Crippen molar-refractivity contribution >= 4 is 11.1 Å². The summed E-state index contributed by atoms with van der Waals surface area (Å²) in [6.07, 6.45) is 0. The monoisotopic (exact) mass is 292 g/mol. The van der Waals surface area contributed by atoms with Crippen molar-refractivity contribution in [2.45, 2.75) is 26.4 Å². The fraction of sp³-hybridized carbons (Fsp3) is 0.222. The van der Waals surface area contributed by atoms with Crippen molar-refractivity contribution in [1.29, 1.82) is 5.26 Å². The van der Waals surface area contributed by atoms with Gasteiger partial charge in [-0.15, -0.1) is 0 Å². The van der Waals surface area contributed by atoms with Gasteiger partial charge in [0.25, 0.3) is 0 Å². The van der Waals surface area contributed by atoms with Gasteiger partial charge in [-0.05, 0) is 18.2 Å². The Balaban J connectivity index is 1.81. The molecule has 0 amide bonds. The maximum Gasteiger partial charge on any atom is 0.198 e. The summed E-state index contributed by atoms with van der Waals surface area (Å²) in [7, 11) is 0. The highest BCUT2D eigenvalue weighted by Gasteiger charge is 2.10. The number of oxazole rings is 1. The lowest BCUT2D eigenvalue weighted by Crippen LogP contribution is -1.97. The van der Waals surface area contributed by atoms with Gasteiger partial charge in [0.2, 0.25) is 0 Å². The molecule has 0 saturated heterocycles. The first-order valence-electron chi connectivity index (χ1n) is 7.18. The van der Waals surface area contributed by atoms with Gasteiger partial charge in [0.1, 0.15) is 17.9 Å². The van der Waals surface area contributed by atoms with Crippen LogP contribution in [-0.4, -0.2) is 4.98 Å². The number of hydrogen-bond donors (Lipinski definition) is 0. The van der Waals surface area contributed by atoms with Gasteiger partial charge in [0, 0.05) is 17.5 Å². The van der Waals surface area contributed by atoms with Gasteiger partial charge >= 0.3 is 0 Å². The van der Waals surface area contributed by atoms with Crippen LogP contribution in [0.4, 0.5) is 0 Å². The van der Waals surface area contributed by atoms with Crippen LogP contribution in [-0.2, 0) is 6.61 Å². The van der Waals surface area contributed by atoms with Crippen LogP contribution in [0.1, 0.15) is 36.8 Å². The summed E-state index contributed by atoms with van der Waals surface area (Å²) in [5.41, 5.74) is 3.04. The second kappa shape index (κ2) is 5.90. The van der Waals surface area contributed by atoms with Crippen molar-refractivity contribution in [2.24, 2.45) is 0 Å². The average molecular weight is 292 g/mol. The molecule has 0 radical (unpaired) electrons. The third-order valence-corrected chi connectivity index (χ3v) is 3.40. The molecule has 0 unspecified atom stereocenters. The van der Waals surface area contributed by atoms with Crippen LogP contribution >= 0.6 is 0 Å². The zero-order valence-electron chi connectivity index (χ0n) is 12.5. The second-order valence-electron chi connectivity index (χ2n) is 5.39. The van der Waals surface area contributed by atoms with Crippen LogP contribution in [0.3, 0.4) is 0 Å². The summed E-state index contributed by atoms with van der Waals surface area (Å²) < 4.78 is 11.5. The van der Waals surface area contributed by atoms with Crippen molar-refractivity contribution in [3.05, 3.63) is 59.5 Å². The minimum atomic E-state index is 0.249. The van der Waals surface area contributed by atoms with E-state index in [0.717, 1.165) is 22.6 Å². The van der Waals surface area contributed by atoms with Gasteiger partial charge in [-0.3, -0.25) is 0 Å². The summed E-state index contributed by atoms with van der Waals surface area (Å²) in [6.45, 7) is 4.43. The lowest BCUT2D eigenvalue weighted by atomic mass is 10.1. The molecule has 0 fully saturated rings. The van der Waals surface area contributed by atoms with E-state index >= 15 is 0 Å². The van der Waals surface area contributed by atoms with Gasteiger partial charge in [-0.25, -0.2) is 4.98 Å². The van der Waals surface area contributed by atoms with E-state index in [0.29, 0.717) is 17.9 Å². The van der Waals surface area contributed by atoms with E-state index in [4.69, 9.17) is 14.4 Å². The summed E-state index contributed by atoms with van der Waals surface area (Å²) in [5.74, 6) is 1.67. The number of benzene rings is 2. The lowest BCUT2D eigenvalue weighted by Gasteiger charge is -2.07. The second-order valence-corrected chi connectivity index (χ2v) is 5.39. The highest BCUT2D eigenvalue weighted by molar-refractivity contribution is 5.74. The predicted octanol–water partition coefficient (Wildman–Crippen LogP) is 4.40. The molecular formula is C18H16N2O2. The first-order chi connectivity index (χ1) is 10.7. The van der Waals surface area contributed by atoms with Crippen LogP contribution in [0.2, 0.25) is 0 Å². The largest absolute Gasteiger partial charge is 0.489 e. The molecule has 3 aromatic rings. The fourth-order valence-electron chi connectivity index (χ4n) is 2.18. The Morgan fingerprint density at radius 2 is 2.05 bits per heavy atom. The van der Waals surface area contributed by atoms with E-state index in [1.54, 1.807) is 6.07 Å². The van der Waals surface area contributed by atoms with Crippen molar-refractivity contribution in [2.75, 3.05) is 0 Å². The number of aromatic nitrogens is 1. The molecular weight excluding hydrogens is 276 g/mol. The zero-order valence-corrected chi connectivity index (χ0v) is 12.5. The summed E-state index contributed by atoms with van der Waals surface area (Å²) >= 11 is 0. The lowest BCUT2D eigenvalue weighted by molar-refractivity contribution is 0.306. The van der Waals surface area contributed by atoms with Crippen LogP contribution in [0.15, 0.2) is 46.9 Å². The van der Waals surface area contributed by atoms with E-state index in [1.807, 2.05) is 50.2 Å². The van der Waals surface area contributed by atoms with Crippen LogP contribution in [0.25, 0.3) is 11.1 Å². The predicted molar refractivity (Wildman–Crippen MR) is 83.6 cm³/mol. The number of ether oxygens (including phenoxy) is 1. The quantitative estimate of drug-likeness (QED) is 0.715. The molecule has 22 heavy (non-hydrogen) atoms. The zero-order chi connectivity index (χ0) is 15.5. The minimum absolute atomic E-state index is 0.249. The van der Waals surface area contributed by atoms with E-state index in [-0.39, 0.29) is 5.92 Å². The maximum absolute atomic E-state index is 9.08. The van der Waals surface area contributed by atoms with Gasteiger partial charge < -0.3 is 9.15 Å². The smallest absolute Gasteiger partial charge is 0.198 e. The molecule has 2 aromatic carbocycles. The fourth-order valence-corrected chi connectivity index (χ4v) is 2.18. The molecule has 0 aliphatic rings. The first-order valence-corrected chi connectivity index (χ1v) is 7.18. The van der Waals surface area contributed by atoms with Crippen molar-refractivity contribution in [1.82, 2.24) is 4.98 Å². The van der Waals surface area contributed by atoms with Crippen molar-refractivity contribution in [3.8, 4) is 11.8 Å². The molecule has 0 aliphatic carbocycles. The average Bonchev–Trinajstić information content (AvgIpc) is 2.96. The standard InChI is InChI=1S/C18H16N2O2/c1-12(2)18-20-16-8-7-15(9-17(16)22-18)21-11-14-6-4-3-5-13(14)10-19/h3-9,12H,11H2,1-2H3. The van der Waals surface area contributed by atoms with Crippen LogP contribution < -0.4 is 4.74 Å². The number of hydrogen-bond acceptors (Lipinski definition) is 4. The molecule has 0 aliphatic heterocycles. The SMILES string of the molecule is CC(C)c1nc2ccc(OCc3ccccc3C#N)cc2o1. The Morgan fingerprint density at radius 3 is 2.82 bits per heavy atom. The molecule has 4 heteroatoms. The normalized spacial score (nSPS) is 10.8. The van der Waals surface area contributed by atoms with E-state index in [2.05, 4.69) is 11.1 Å². The van der Waals surface area contributed by atoms with E-state index in [9.17, 15) is 0 Å². The molecule has 0 saturated carbocycles. The Bertz CT molecular complexity index is 844. The van der Waals surface area contributed by atoms with E-state index < -0.39 is 0 Å². The van der Waals surface area contributed by atoms with E-state index in [1.165, 1.54) is 0 Å². The molecule has 1 aromatic heterocycles. The third kappa shape index (κ3) is 2.79. The summed E-state index contributed by atoms with van der Waals surface area (Å²) in [4.78, 5) is 4.43. The molecule has 0 atom stereocenters. The molecule has 3 rings (SSSR count). The Labute approximate surface area is 129 Å². The number of nitriles is 1.